The van der Waals surface area contributed by atoms with Gasteiger partial charge in [-0.2, -0.15) is 0 Å². The van der Waals surface area contributed by atoms with Crippen LogP contribution in [0.5, 0.6) is 11.5 Å². The van der Waals surface area contributed by atoms with Crippen LogP contribution >= 0.6 is 0 Å². The van der Waals surface area contributed by atoms with Crippen LogP contribution in [0, 0.1) is 6.92 Å². The number of hydrogen-bond acceptors (Lipinski definition) is 4. The fraction of sp³-hybridized carbons (Fsp3) is 0.333. The first-order valence-corrected chi connectivity index (χ1v) is 7.38. The Bertz CT molecular complexity index is 623. The third-order valence-electron chi connectivity index (χ3n) is 3.27. The average molecular weight is 301 g/mol. The van der Waals surface area contributed by atoms with Gasteiger partial charge >= 0.3 is 0 Å². The molecular formula is C18H23NO3. The van der Waals surface area contributed by atoms with Crippen molar-refractivity contribution < 1.29 is 14.6 Å². The summed E-state index contributed by atoms with van der Waals surface area (Å²) in [6.45, 7) is 6.39. The number of ether oxygens (including phenoxy) is 2. The smallest absolute Gasteiger partial charge is 0.128 e. The van der Waals surface area contributed by atoms with E-state index >= 15 is 0 Å². The summed E-state index contributed by atoms with van der Waals surface area (Å²) >= 11 is 0. The van der Waals surface area contributed by atoms with Crippen molar-refractivity contribution in [3.8, 4) is 11.5 Å². The number of nitrogens with two attached hydrogens (primary N) is 1. The maximum Gasteiger partial charge on any atom is 0.128 e. The largest absolute Gasteiger partial charge is 0.491 e. The summed E-state index contributed by atoms with van der Waals surface area (Å²) in [6.07, 6.45) is -1.02. The van der Waals surface area contributed by atoms with Crippen LogP contribution in [0.15, 0.2) is 42.5 Å². The van der Waals surface area contributed by atoms with Crippen molar-refractivity contribution in [1.82, 2.24) is 0 Å². The Morgan fingerprint density at radius 2 is 1.77 bits per heavy atom. The highest BCUT2D eigenvalue weighted by atomic mass is 16.5. The minimum Gasteiger partial charge on any atom is -0.491 e. The van der Waals surface area contributed by atoms with Crippen LogP contribution in [0.4, 0.5) is 0 Å². The van der Waals surface area contributed by atoms with Crippen LogP contribution in [-0.4, -0.2) is 11.2 Å². The zero-order valence-corrected chi connectivity index (χ0v) is 13.2. The van der Waals surface area contributed by atoms with E-state index in [9.17, 15) is 5.11 Å². The van der Waals surface area contributed by atoms with Gasteiger partial charge in [-0.15, -0.1) is 0 Å². The molecule has 0 amide bonds. The molecule has 4 nitrogen and oxygen atoms in total. The van der Waals surface area contributed by atoms with Crippen molar-refractivity contribution in [1.29, 1.82) is 0 Å². The first-order chi connectivity index (χ1) is 10.5. The van der Waals surface area contributed by atoms with Crippen molar-refractivity contribution in [3.63, 3.8) is 0 Å². The Morgan fingerprint density at radius 3 is 2.41 bits per heavy atom. The fourth-order valence-corrected chi connectivity index (χ4v) is 2.12. The molecular weight excluding hydrogens is 278 g/mol. The second-order valence-corrected chi connectivity index (χ2v) is 5.56. The van der Waals surface area contributed by atoms with E-state index in [2.05, 4.69) is 0 Å². The highest BCUT2D eigenvalue weighted by Gasteiger charge is 2.09. The molecule has 2 aromatic carbocycles. The predicted molar refractivity (Wildman–Crippen MR) is 86.9 cm³/mol. The third kappa shape index (κ3) is 4.48. The van der Waals surface area contributed by atoms with Gasteiger partial charge in [-0.25, -0.2) is 0 Å². The molecule has 0 aromatic heterocycles. The molecule has 0 spiro atoms. The van der Waals surface area contributed by atoms with E-state index in [1.54, 1.807) is 12.1 Å². The molecule has 0 heterocycles. The van der Waals surface area contributed by atoms with E-state index in [0.29, 0.717) is 23.7 Å². The van der Waals surface area contributed by atoms with Crippen molar-refractivity contribution in [2.75, 3.05) is 0 Å². The number of aliphatic hydroxyl groups is 1. The second kappa shape index (κ2) is 7.29. The number of aryl methyl sites for hydroxylation is 1. The molecule has 0 saturated heterocycles. The molecule has 4 heteroatoms. The summed E-state index contributed by atoms with van der Waals surface area (Å²) in [5, 5.41) is 9.60. The maximum atomic E-state index is 9.60. The topological polar surface area (TPSA) is 64.7 Å². The van der Waals surface area contributed by atoms with Crippen LogP contribution in [0.1, 0.15) is 36.8 Å². The maximum absolute atomic E-state index is 9.60. The molecule has 1 atom stereocenters. The lowest BCUT2D eigenvalue weighted by atomic mass is 10.1. The molecule has 2 aromatic rings. The summed E-state index contributed by atoms with van der Waals surface area (Å²) in [6, 6.07) is 13.3. The van der Waals surface area contributed by atoms with Gasteiger partial charge in [0.15, 0.2) is 0 Å². The highest BCUT2D eigenvalue weighted by molar-refractivity contribution is 5.39. The second-order valence-electron chi connectivity index (χ2n) is 5.56. The molecule has 0 saturated carbocycles. The molecule has 0 fully saturated rings. The standard InChI is InChI=1S/C18H23NO3/c1-12(2)22-17-9-15(18(19)20)8-16(10-17)21-11-14-7-5-4-6-13(14)3/h4-10,12,18,20H,11,19H2,1-3H3. The van der Waals surface area contributed by atoms with Gasteiger partial charge in [0.25, 0.3) is 0 Å². The van der Waals surface area contributed by atoms with E-state index in [-0.39, 0.29) is 6.10 Å². The van der Waals surface area contributed by atoms with E-state index in [1.165, 1.54) is 5.56 Å². The molecule has 0 aliphatic heterocycles. The van der Waals surface area contributed by atoms with Gasteiger partial charge in [0.05, 0.1) is 6.10 Å². The molecule has 0 bridgehead atoms. The van der Waals surface area contributed by atoms with Crippen LogP contribution in [-0.2, 0) is 6.61 Å². The summed E-state index contributed by atoms with van der Waals surface area (Å²) < 4.78 is 11.5. The number of benzene rings is 2. The minimum absolute atomic E-state index is 0.0365. The van der Waals surface area contributed by atoms with Gasteiger partial charge < -0.3 is 20.3 Å². The monoisotopic (exact) mass is 301 g/mol. The van der Waals surface area contributed by atoms with E-state index in [1.807, 2.05) is 51.1 Å². The van der Waals surface area contributed by atoms with Crippen LogP contribution in [0.25, 0.3) is 0 Å². The fourth-order valence-electron chi connectivity index (χ4n) is 2.12. The average Bonchev–Trinajstić information content (AvgIpc) is 2.45. The van der Waals surface area contributed by atoms with Crippen LogP contribution in [0.2, 0.25) is 0 Å². The summed E-state index contributed by atoms with van der Waals surface area (Å²) in [5.41, 5.74) is 8.42. The Labute approximate surface area is 131 Å². The summed E-state index contributed by atoms with van der Waals surface area (Å²) in [7, 11) is 0. The lowest BCUT2D eigenvalue weighted by molar-refractivity contribution is 0.183. The normalized spacial score (nSPS) is 12.3. The Kier molecular flexibility index (Phi) is 5.41. The van der Waals surface area contributed by atoms with Gasteiger partial charge in [-0.3, -0.25) is 0 Å². The number of hydrogen-bond donors (Lipinski definition) is 2. The molecule has 3 N–H and O–H groups in total. The first kappa shape index (κ1) is 16.3. The number of rotatable bonds is 6. The van der Waals surface area contributed by atoms with Crippen molar-refractivity contribution in [3.05, 3.63) is 59.2 Å². The quantitative estimate of drug-likeness (QED) is 0.803. The van der Waals surface area contributed by atoms with Gasteiger partial charge in [0.1, 0.15) is 24.3 Å². The predicted octanol–water partition coefficient (Wildman–Crippen LogP) is 3.31. The summed E-state index contributed by atoms with van der Waals surface area (Å²) in [5.74, 6) is 1.26. The Balaban J connectivity index is 2.18. The van der Waals surface area contributed by atoms with Gasteiger partial charge in [-0.05, 0) is 44.0 Å². The number of aliphatic hydroxyl groups excluding tert-OH is 1. The van der Waals surface area contributed by atoms with Gasteiger partial charge in [0, 0.05) is 11.6 Å². The minimum atomic E-state index is -1.06. The third-order valence-corrected chi connectivity index (χ3v) is 3.27. The SMILES string of the molecule is Cc1ccccc1COc1cc(OC(C)C)cc(C(N)O)c1. The first-order valence-electron chi connectivity index (χ1n) is 7.38. The highest BCUT2D eigenvalue weighted by Crippen LogP contribution is 2.27. The molecule has 22 heavy (non-hydrogen) atoms. The van der Waals surface area contributed by atoms with Crippen molar-refractivity contribution >= 4 is 0 Å². The zero-order valence-electron chi connectivity index (χ0n) is 13.2. The van der Waals surface area contributed by atoms with Crippen LogP contribution in [0.3, 0.4) is 0 Å². The van der Waals surface area contributed by atoms with E-state index in [4.69, 9.17) is 15.2 Å². The molecule has 0 aliphatic carbocycles. The molecule has 0 radical (unpaired) electrons. The summed E-state index contributed by atoms with van der Waals surface area (Å²) in [4.78, 5) is 0. The lowest BCUT2D eigenvalue weighted by Gasteiger charge is -2.15. The van der Waals surface area contributed by atoms with Crippen LogP contribution < -0.4 is 15.2 Å². The molecule has 1 unspecified atom stereocenters. The van der Waals surface area contributed by atoms with E-state index in [0.717, 1.165) is 5.56 Å². The Morgan fingerprint density at radius 1 is 1.09 bits per heavy atom. The van der Waals surface area contributed by atoms with E-state index < -0.39 is 6.23 Å². The zero-order chi connectivity index (χ0) is 16.1. The Hall–Kier alpha value is -2.04. The van der Waals surface area contributed by atoms with Gasteiger partial charge in [-0.1, -0.05) is 24.3 Å². The van der Waals surface area contributed by atoms with Crippen molar-refractivity contribution in [2.24, 2.45) is 5.73 Å². The molecule has 2 rings (SSSR count). The van der Waals surface area contributed by atoms with Crippen molar-refractivity contribution in [2.45, 2.75) is 39.7 Å². The lowest BCUT2D eigenvalue weighted by Crippen LogP contribution is -2.11. The molecule has 0 aliphatic rings. The molecule has 118 valence electrons. The van der Waals surface area contributed by atoms with Gasteiger partial charge in [0.2, 0.25) is 0 Å².